The van der Waals surface area contributed by atoms with E-state index in [1.165, 1.54) is 0 Å². The van der Waals surface area contributed by atoms with Gasteiger partial charge in [-0.15, -0.1) is 0 Å². The Bertz CT molecular complexity index is 891. The molecular weight excluding hydrogens is 364 g/mol. The van der Waals surface area contributed by atoms with Gasteiger partial charge in [-0.2, -0.15) is 4.31 Å². The van der Waals surface area contributed by atoms with E-state index in [0.29, 0.717) is 44.3 Å². The first-order valence-electron chi connectivity index (χ1n) is 9.31. The quantitative estimate of drug-likeness (QED) is 0.824. The third-order valence-corrected chi connectivity index (χ3v) is 6.80. The Morgan fingerprint density at radius 3 is 2.22 bits per heavy atom. The fourth-order valence-corrected chi connectivity index (χ4v) is 4.92. The highest BCUT2D eigenvalue weighted by Crippen LogP contribution is 2.30. The van der Waals surface area contributed by atoms with Crippen molar-refractivity contribution in [3.63, 3.8) is 0 Å². The standard InChI is InChI=1S/C20H24N2O4S/c23-27(24,22-9-1-2-10-22)18-6-3-16(4-7-18)14-21-15-17-5-8-19-20(13-17)26-12-11-25-19/h3-8,13,21H,1-2,9-12,14-15H2. The predicted molar refractivity (Wildman–Crippen MR) is 102 cm³/mol. The smallest absolute Gasteiger partial charge is 0.243 e. The molecule has 0 bridgehead atoms. The number of benzene rings is 2. The molecule has 0 spiro atoms. The number of fused-ring (bicyclic) bond motifs is 1. The van der Waals surface area contributed by atoms with Crippen molar-refractivity contribution in [1.29, 1.82) is 0 Å². The minimum Gasteiger partial charge on any atom is -0.486 e. The molecule has 1 saturated heterocycles. The molecule has 4 rings (SSSR count). The van der Waals surface area contributed by atoms with Gasteiger partial charge in [0.05, 0.1) is 4.90 Å². The maximum absolute atomic E-state index is 12.6. The van der Waals surface area contributed by atoms with Crippen LogP contribution in [0.3, 0.4) is 0 Å². The Morgan fingerprint density at radius 2 is 1.48 bits per heavy atom. The topological polar surface area (TPSA) is 67.9 Å². The van der Waals surface area contributed by atoms with Gasteiger partial charge < -0.3 is 14.8 Å². The van der Waals surface area contributed by atoms with Gasteiger partial charge in [0.15, 0.2) is 11.5 Å². The van der Waals surface area contributed by atoms with Crippen molar-refractivity contribution in [3.8, 4) is 11.5 Å². The van der Waals surface area contributed by atoms with Gasteiger partial charge in [0.25, 0.3) is 0 Å². The lowest BCUT2D eigenvalue weighted by Crippen LogP contribution is -2.27. The van der Waals surface area contributed by atoms with Crippen LogP contribution in [0, 0.1) is 0 Å². The zero-order valence-electron chi connectivity index (χ0n) is 15.2. The Morgan fingerprint density at radius 1 is 0.852 bits per heavy atom. The van der Waals surface area contributed by atoms with E-state index in [1.54, 1.807) is 16.4 Å². The van der Waals surface area contributed by atoms with Crippen molar-refractivity contribution < 1.29 is 17.9 Å². The normalized spacial score (nSPS) is 17.2. The fourth-order valence-electron chi connectivity index (χ4n) is 3.41. The number of rotatable bonds is 6. The molecule has 2 aromatic rings. The molecule has 2 heterocycles. The second kappa shape index (κ2) is 7.88. The lowest BCUT2D eigenvalue weighted by molar-refractivity contribution is 0.171. The van der Waals surface area contributed by atoms with Gasteiger partial charge in [-0.3, -0.25) is 0 Å². The van der Waals surface area contributed by atoms with Crippen molar-refractivity contribution in [2.24, 2.45) is 0 Å². The van der Waals surface area contributed by atoms with Gasteiger partial charge in [-0.1, -0.05) is 18.2 Å². The molecule has 2 aromatic carbocycles. The molecule has 6 nitrogen and oxygen atoms in total. The third kappa shape index (κ3) is 4.10. The van der Waals surface area contributed by atoms with Crippen LogP contribution in [0.1, 0.15) is 24.0 Å². The number of hydrogen-bond acceptors (Lipinski definition) is 5. The van der Waals surface area contributed by atoms with Crippen molar-refractivity contribution in [1.82, 2.24) is 9.62 Å². The van der Waals surface area contributed by atoms with Gasteiger partial charge in [-0.05, 0) is 48.2 Å². The highest BCUT2D eigenvalue weighted by Gasteiger charge is 2.26. The molecule has 0 amide bonds. The lowest BCUT2D eigenvalue weighted by Gasteiger charge is -2.19. The van der Waals surface area contributed by atoms with Crippen LogP contribution < -0.4 is 14.8 Å². The average Bonchev–Trinajstić information content (AvgIpc) is 3.24. The van der Waals surface area contributed by atoms with Crippen LogP contribution in [-0.2, 0) is 23.1 Å². The number of nitrogens with zero attached hydrogens (tertiary/aromatic N) is 1. The molecule has 1 N–H and O–H groups in total. The molecule has 0 saturated carbocycles. The maximum atomic E-state index is 12.6. The van der Waals surface area contributed by atoms with Gasteiger partial charge in [0.2, 0.25) is 10.0 Å². The van der Waals surface area contributed by atoms with Gasteiger partial charge in [0, 0.05) is 26.2 Å². The lowest BCUT2D eigenvalue weighted by atomic mass is 10.2. The summed E-state index contributed by atoms with van der Waals surface area (Å²) in [5.74, 6) is 1.58. The summed E-state index contributed by atoms with van der Waals surface area (Å²) in [4.78, 5) is 0.375. The Hall–Kier alpha value is -2.09. The molecule has 144 valence electrons. The Balaban J connectivity index is 1.34. The average molecular weight is 388 g/mol. The first-order valence-corrected chi connectivity index (χ1v) is 10.8. The van der Waals surface area contributed by atoms with E-state index in [-0.39, 0.29) is 0 Å². The summed E-state index contributed by atoms with van der Waals surface area (Å²) in [5, 5.41) is 3.38. The van der Waals surface area contributed by atoms with E-state index < -0.39 is 10.0 Å². The van der Waals surface area contributed by atoms with E-state index in [9.17, 15) is 8.42 Å². The largest absolute Gasteiger partial charge is 0.486 e. The summed E-state index contributed by atoms with van der Waals surface area (Å²) in [6.45, 7) is 3.79. The molecule has 0 aromatic heterocycles. The predicted octanol–water partition coefficient (Wildman–Crippen LogP) is 2.53. The molecule has 27 heavy (non-hydrogen) atoms. The third-order valence-electron chi connectivity index (χ3n) is 4.89. The van der Waals surface area contributed by atoms with E-state index in [2.05, 4.69) is 5.32 Å². The van der Waals surface area contributed by atoms with E-state index in [1.807, 2.05) is 30.3 Å². The summed E-state index contributed by atoms with van der Waals surface area (Å²) in [5.41, 5.74) is 2.17. The number of sulfonamides is 1. The SMILES string of the molecule is O=S(=O)(c1ccc(CNCc2ccc3c(c2)OCCO3)cc1)N1CCCC1. The molecule has 2 aliphatic rings. The molecule has 0 aliphatic carbocycles. The van der Waals surface area contributed by atoms with Crippen LogP contribution in [0.15, 0.2) is 47.4 Å². The van der Waals surface area contributed by atoms with Crippen molar-refractivity contribution >= 4 is 10.0 Å². The van der Waals surface area contributed by atoms with Gasteiger partial charge >= 0.3 is 0 Å². The second-order valence-electron chi connectivity index (χ2n) is 6.84. The first kappa shape index (κ1) is 18.3. The van der Waals surface area contributed by atoms with Crippen molar-refractivity contribution in [2.45, 2.75) is 30.8 Å². The second-order valence-corrected chi connectivity index (χ2v) is 8.77. The van der Waals surface area contributed by atoms with Crippen molar-refractivity contribution in [2.75, 3.05) is 26.3 Å². The monoisotopic (exact) mass is 388 g/mol. The van der Waals surface area contributed by atoms with E-state index >= 15 is 0 Å². The molecular formula is C20H24N2O4S. The summed E-state index contributed by atoms with van der Waals surface area (Å²) in [6, 6.07) is 13.1. The van der Waals surface area contributed by atoms with E-state index in [0.717, 1.165) is 35.5 Å². The first-order chi connectivity index (χ1) is 13.1. The zero-order chi connectivity index (χ0) is 18.7. The Kier molecular flexibility index (Phi) is 5.33. The van der Waals surface area contributed by atoms with Crippen LogP contribution in [0.5, 0.6) is 11.5 Å². The van der Waals surface area contributed by atoms with Crippen LogP contribution in [0.2, 0.25) is 0 Å². The van der Waals surface area contributed by atoms with Crippen LogP contribution in [0.25, 0.3) is 0 Å². The number of nitrogens with one attached hydrogen (secondary N) is 1. The molecule has 2 aliphatic heterocycles. The summed E-state index contributed by atoms with van der Waals surface area (Å²) >= 11 is 0. The Labute approximate surface area is 160 Å². The van der Waals surface area contributed by atoms with Gasteiger partial charge in [-0.25, -0.2) is 8.42 Å². The highest BCUT2D eigenvalue weighted by molar-refractivity contribution is 7.89. The highest BCUT2D eigenvalue weighted by atomic mass is 32.2. The summed E-state index contributed by atoms with van der Waals surface area (Å²) in [6.07, 6.45) is 1.89. The van der Waals surface area contributed by atoms with Gasteiger partial charge in [0.1, 0.15) is 13.2 Å². The minimum absolute atomic E-state index is 0.375. The number of ether oxygens (including phenoxy) is 2. The van der Waals surface area contributed by atoms with Crippen LogP contribution in [0.4, 0.5) is 0 Å². The zero-order valence-corrected chi connectivity index (χ0v) is 16.0. The van der Waals surface area contributed by atoms with E-state index in [4.69, 9.17) is 9.47 Å². The minimum atomic E-state index is -3.34. The maximum Gasteiger partial charge on any atom is 0.243 e. The molecule has 0 radical (unpaired) electrons. The number of hydrogen-bond donors (Lipinski definition) is 1. The molecule has 0 atom stereocenters. The summed E-state index contributed by atoms with van der Waals surface area (Å²) < 4.78 is 37.8. The summed E-state index contributed by atoms with van der Waals surface area (Å²) in [7, 11) is -3.34. The van der Waals surface area contributed by atoms with Crippen LogP contribution in [-0.4, -0.2) is 39.0 Å². The van der Waals surface area contributed by atoms with Crippen molar-refractivity contribution in [3.05, 3.63) is 53.6 Å². The molecule has 7 heteroatoms. The molecule has 0 unspecified atom stereocenters. The fraction of sp³-hybridized carbons (Fsp3) is 0.400. The molecule has 1 fully saturated rings. The van der Waals surface area contributed by atoms with Crippen LogP contribution >= 0.6 is 0 Å².